The fourth-order valence-electron chi connectivity index (χ4n) is 0.529. The number of carbonyl (C=O) groups excluding carboxylic acids is 2. The van der Waals surface area contributed by atoms with Gasteiger partial charge in [0.15, 0.2) is 0 Å². The number of alkyl halides is 3. The van der Waals surface area contributed by atoms with Crippen LogP contribution < -0.4 is 0 Å². The quantitative estimate of drug-likeness (QED) is 0.346. The van der Waals surface area contributed by atoms with E-state index in [9.17, 15) is 9.59 Å². The number of rotatable bonds is 3. The fourth-order valence-corrected chi connectivity index (χ4v) is 0.718. The average molecular weight is 292 g/mol. The zero-order chi connectivity index (χ0) is 12.9. The maximum Gasteiger partial charge on any atom is 0.514 e. The number of carbonyl (C=O) groups is 2. The Morgan fingerprint density at radius 2 is 1.75 bits per heavy atom. The molecule has 16 heavy (non-hydrogen) atoms. The van der Waals surface area contributed by atoms with Gasteiger partial charge in [-0.2, -0.15) is 0 Å². The van der Waals surface area contributed by atoms with E-state index in [0.717, 1.165) is 0 Å². The van der Waals surface area contributed by atoms with Gasteiger partial charge in [-0.15, -0.1) is 0 Å². The van der Waals surface area contributed by atoms with Crippen molar-refractivity contribution in [3.63, 3.8) is 0 Å². The molecule has 0 heterocycles. The number of esters is 1. The van der Waals surface area contributed by atoms with E-state index in [2.05, 4.69) is 20.8 Å². The summed E-state index contributed by atoms with van der Waals surface area (Å²) in [5, 5.41) is 0. The monoisotopic (exact) mass is 290 g/mol. The summed E-state index contributed by atoms with van der Waals surface area (Å²) < 4.78 is 11.0. The molecule has 0 amide bonds. The maximum absolute atomic E-state index is 11.0. The molecule has 8 heteroatoms. The summed E-state index contributed by atoms with van der Waals surface area (Å²) in [5.41, 5.74) is 0.158. The molecule has 0 aromatic heterocycles. The Morgan fingerprint density at radius 1 is 1.25 bits per heavy atom. The zero-order valence-electron chi connectivity index (χ0n) is 8.46. The largest absolute Gasteiger partial charge is 0.514 e. The van der Waals surface area contributed by atoms with Crippen LogP contribution in [0.25, 0.3) is 0 Å². The highest BCUT2D eigenvalue weighted by Gasteiger charge is 2.27. The second kappa shape index (κ2) is 6.18. The van der Waals surface area contributed by atoms with Gasteiger partial charge in [0.1, 0.15) is 0 Å². The summed E-state index contributed by atoms with van der Waals surface area (Å²) in [6.45, 7) is 6.07. The van der Waals surface area contributed by atoms with E-state index < -0.39 is 22.4 Å². The van der Waals surface area contributed by atoms with E-state index in [0.29, 0.717) is 0 Å². The summed E-state index contributed by atoms with van der Waals surface area (Å²) in [6.07, 6.45) is -2.45. The van der Waals surface area contributed by atoms with Gasteiger partial charge in [0.05, 0.1) is 0 Å². The van der Waals surface area contributed by atoms with Crippen LogP contribution in [0.4, 0.5) is 4.79 Å². The molecule has 1 atom stereocenters. The van der Waals surface area contributed by atoms with Gasteiger partial charge in [0.2, 0.25) is 6.29 Å². The van der Waals surface area contributed by atoms with Gasteiger partial charge in [0, 0.05) is 12.5 Å². The summed E-state index contributed by atoms with van der Waals surface area (Å²) in [7, 11) is 0. The van der Waals surface area contributed by atoms with Gasteiger partial charge in [-0.05, 0) is 41.7 Å². The average Bonchev–Trinajstić information content (AvgIpc) is 1.98. The molecule has 5 nitrogen and oxygen atoms in total. The maximum atomic E-state index is 11.0. The van der Waals surface area contributed by atoms with E-state index in [-0.39, 0.29) is 5.57 Å². The Balaban J connectivity index is 4.06. The Kier molecular flexibility index (Phi) is 5.92. The molecular formula is C8H9Cl3O5. The van der Waals surface area contributed by atoms with Crippen LogP contribution in [0.3, 0.4) is 0 Å². The fraction of sp³-hybridized carbons (Fsp3) is 0.500. The van der Waals surface area contributed by atoms with E-state index in [4.69, 9.17) is 34.8 Å². The molecule has 0 spiro atoms. The molecule has 0 radical (unpaired) electrons. The highest BCUT2D eigenvalue weighted by atomic mass is 35.6. The van der Waals surface area contributed by atoms with Crippen molar-refractivity contribution in [3.05, 3.63) is 12.2 Å². The van der Waals surface area contributed by atoms with Crippen molar-refractivity contribution in [2.75, 3.05) is 0 Å². The summed E-state index contributed by atoms with van der Waals surface area (Å²) in [4.78, 5) is 21.9. The molecule has 0 aliphatic carbocycles. The van der Waals surface area contributed by atoms with Crippen LogP contribution in [0.5, 0.6) is 0 Å². The standard InChI is InChI=1S/C8H9Cl3O5/c1-4(2)6(12)14-5(3)15-7(13)16-8(9,10)11/h5H,1H2,2-3H3. The Labute approximate surface area is 107 Å². The smallest absolute Gasteiger partial charge is 0.422 e. The van der Waals surface area contributed by atoms with E-state index in [1.165, 1.54) is 13.8 Å². The topological polar surface area (TPSA) is 61.8 Å². The van der Waals surface area contributed by atoms with Crippen LogP contribution in [0.1, 0.15) is 13.8 Å². The van der Waals surface area contributed by atoms with Crippen molar-refractivity contribution < 1.29 is 23.8 Å². The number of ether oxygens (including phenoxy) is 3. The van der Waals surface area contributed by atoms with Crippen molar-refractivity contribution in [1.29, 1.82) is 0 Å². The van der Waals surface area contributed by atoms with E-state index in [1.807, 2.05) is 0 Å². The molecular weight excluding hydrogens is 282 g/mol. The van der Waals surface area contributed by atoms with Crippen molar-refractivity contribution in [2.45, 2.75) is 24.1 Å². The third kappa shape index (κ3) is 7.62. The minimum absolute atomic E-state index is 0.158. The minimum Gasteiger partial charge on any atom is -0.422 e. The lowest BCUT2D eigenvalue weighted by Crippen LogP contribution is -2.25. The third-order valence-corrected chi connectivity index (χ3v) is 1.31. The first kappa shape index (κ1) is 15.3. The second-order valence-electron chi connectivity index (χ2n) is 2.67. The van der Waals surface area contributed by atoms with Crippen molar-refractivity contribution >= 4 is 46.9 Å². The molecule has 0 aromatic rings. The Bertz CT molecular complexity index is 297. The van der Waals surface area contributed by atoms with Gasteiger partial charge in [-0.3, -0.25) is 0 Å². The molecule has 0 aromatic carbocycles. The first-order chi connectivity index (χ1) is 7.11. The molecule has 92 valence electrons. The van der Waals surface area contributed by atoms with Gasteiger partial charge in [-0.25, -0.2) is 9.59 Å². The number of hydrogen-bond acceptors (Lipinski definition) is 5. The van der Waals surface area contributed by atoms with E-state index >= 15 is 0 Å². The Hall–Kier alpha value is -0.650. The summed E-state index contributed by atoms with van der Waals surface area (Å²) >= 11 is 15.5. The lowest BCUT2D eigenvalue weighted by atomic mass is 10.4. The molecule has 0 rings (SSSR count). The predicted molar refractivity (Wildman–Crippen MR) is 58.2 cm³/mol. The number of halogens is 3. The van der Waals surface area contributed by atoms with Crippen LogP contribution in [0, 0.1) is 0 Å². The first-order valence-corrected chi connectivity index (χ1v) is 5.08. The second-order valence-corrected chi connectivity index (χ2v) is 4.85. The summed E-state index contributed by atoms with van der Waals surface area (Å²) in [5.74, 6) is -0.714. The van der Waals surface area contributed by atoms with Crippen LogP contribution >= 0.6 is 34.8 Å². The minimum atomic E-state index is -2.23. The van der Waals surface area contributed by atoms with E-state index in [1.54, 1.807) is 0 Å². The highest BCUT2D eigenvalue weighted by Crippen LogP contribution is 2.27. The van der Waals surface area contributed by atoms with Gasteiger partial charge >= 0.3 is 16.1 Å². The lowest BCUT2D eigenvalue weighted by Gasteiger charge is -2.16. The van der Waals surface area contributed by atoms with Crippen molar-refractivity contribution in [2.24, 2.45) is 0 Å². The van der Waals surface area contributed by atoms with Crippen LogP contribution in [0.15, 0.2) is 12.2 Å². The SMILES string of the molecule is C=C(C)C(=O)OC(C)OC(=O)OC(Cl)(Cl)Cl. The van der Waals surface area contributed by atoms with Crippen molar-refractivity contribution in [1.82, 2.24) is 0 Å². The molecule has 1 unspecified atom stereocenters. The van der Waals surface area contributed by atoms with Crippen LogP contribution in [-0.2, 0) is 19.0 Å². The lowest BCUT2D eigenvalue weighted by molar-refractivity contribution is -0.163. The van der Waals surface area contributed by atoms with Gasteiger partial charge < -0.3 is 14.2 Å². The predicted octanol–water partition coefficient (Wildman–Crippen LogP) is 2.93. The molecule has 0 aliphatic heterocycles. The number of hydrogen-bond donors (Lipinski definition) is 0. The molecule has 0 saturated carbocycles. The molecule has 0 aliphatic rings. The molecule has 0 fully saturated rings. The highest BCUT2D eigenvalue weighted by molar-refractivity contribution is 6.66. The Morgan fingerprint density at radius 3 is 2.12 bits per heavy atom. The van der Waals surface area contributed by atoms with Crippen LogP contribution in [-0.4, -0.2) is 22.4 Å². The third-order valence-electron chi connectivity index (χ3n) is 1.08. The zero-order valence-corrected chi connectivity index (χ0v) is 10.7. The van der Waals surface area contributed by atoms with Gasteiger partial charge in [0.25, 0.3) is 0 Å². The summed E-state index contributed by atoms with van der Waals surface area (Å²) in [6, 6.07) is 0. The molecule has 0 bridgehead atoms. The molecule has 0 saturated heterocycles. The van der Waals surface area contributed by atoms with Crippen LogP contribution in [0.2, 0.25) is 0 Å². The first-order valence-electron chi connectivity index (χ1n) is 3.94. The van der Waals surface area contributed by atoms with Gasteiger partial charge in [-0.1, -0.05) is 6.58 Å². The normalized spacial score (nSPS) is 12.6. The van der Waals surface area contributed by atoms with Crippen molar-refractivity contribution in [3.8, 4) is 0 Å². The molecule has 0 N–H and O–H groups in total.